The van der Waals surface area contributed by atoms with Gasteiger partial charge in [0, 0.05) is 13.5 Å². The van der Waals surface area contributed by atoms with Gasteiger partial charge in [-0.2, -0.15) is 0 Å². The summed E-state index contributed by atoms with van der Waals surface area (Å²) in [6.45, 7) is 11.4. The Hall–Kier alpha value is -2.41. The van der Waals surface area contributed by atoms with E-state index in [4.69, 9.17) is 5.21 Å². The quantitative estimate of drug-likeness (QED) is 0.339. The average Bonchev–Trinajstić information content (AvgIpc) is 2.88. The zero-order valence-corrected chi connectivity index (χ0v) is 19.5. The molecule has 2 amide bonds. The first kappa shape index (κ1) is 27.6. The predicted molar refractivity (Wildman–Crippen MR) is 122 cm³/mol. The molecule has 0 fully saturated rings. The molecule has 0 spiro atoms. The van der Waals surface area contributed by atoms with Crippen LogP contribution in [0.15, 0.2) is 18.2 Å². The molecule has 0 bridgehead atoms. The summed E-state index contributed by atoms with van der Waals surface area (Å²) in [6.07, 6.45) is 13.6. The number of carbonyl (C=O) groups excluding carboxylic acids is 2. The fraction of sp³-hybridized carbons (Fsp3) is 0.609. The largest absolute Gasteiger partial charge is 0.351 e. The van der Waals surface area contributed by atoms with E-state index in [2.05, 4.69) is 37.1 Å². The van der Waals surface area contributed by atoms with Crippen molar-refractivity contribution in [1.82, 2.24) is 19.9 Å². The highest BCUT2D eigenvalue weighted by molar-refractivity contribution is 5.53. The first-order valence-corrected chi connectivity index (χ1v) is 10.9. The monoisotopic (exact) mass is 420 g/mol. The van der Waals surface area contributed by atoms with Crippen molar-refractivity contribution in [3.05, 3.63) is 35.4 Å². The third-order valence-corrected chi connectivity index (χ3v) is 4.67. The Kier molecular flexibility index (Phi) is 15.1. The van der Waals surface area contributed by atoms with Gasteiger partial charge in [-0.15, -0.1) is 0 Å². The minimum absolute atomic E-state index is 0.372. The van der Waals surface area contributed by atoms with Crippen LogP contribution in [0.2, 0.25) is 0 Å². The fourth-order valence-corrected chi connectivity index (χ4v) is 3.41. The number of allylic oxidation sites excluding steroid dienone is 3. The maximum Gasteiger partial charge on any atom is 0.233 e. The number of rotatable bonds is 10. The summed E-state index contributed by atoms with van der Waals surface area (Å²) < 4.78 is 2.01. The van der Waals surface area contributed by atoms with Gasteiger partial charge in [-0.25, -0.2) is 10.0 Å². The van der Waals surface area contributed by atoms with E-state index in [-0.39, 0.29) is 0 Å². The second kappa shape index (κ2) is 16.4. The highest BCUT2D eigenvalue weighted by Gasteiger charge is 2.12. The maximum absolute atomic E-state index is 10.2. The molecule has 2 rings (SSSR count). The number of fused-ring (bicyclic) bond motifs is 1. The Labute approximate surface area is 181 Å². The summed E-state index contributed by atoms with van der Waals surface area (Å²) in [5.74, 6) is 1.93. The van der Waals surface area contributed by atoms with Gasteiger partial charge in [0.2, 0.25) is 12.8 Å². The van der Waals surface area contributed by atoms with Gasteiger partial charge in [-0.3, -0.25) is 14.8 Å². The predicted octanol–water partition coefficient (Wildman–Crippen LogP) is 4.11. The van der Waals surface area contributed by atoms with Crippen molar-refractivity contribution in [2.24, 2.45) is 18.9 Å². The molecule has 0 saturated carbocycles. The van der Waals surface area contributed by atoms with Crippen LogP contribution in [-0.4, -0.2) is 39.2 Å². The van der Waals surface area contributed by atoms with E-state index in [1.165, 1.54) is 12.8 Å². The molecule has 30 heavy (non-hydrogen) atoms. The lowest BCUT2D eigenvalue weighted by Gasteiger charge is -2.19. The average molecular weight is 421 g/mol. The molecule has 1 aromatic heterocycles. The Morgan fingerprint density at radius 1 is 1.27 bits per heavy atom. The molecule has 1 aliphatic carbocycles. The van der Waals surface area contributed by atoms with Crippen LogP contribution in [0.25, 0.3) is 6.08 Å². The van der Waals surface area contributed by atoms with E-state index in [9.17, 15) is 9.59 Å². The summed E-state index contributed by atoms with van der Waals surface area (Å²) in [5.41, 5.74) is 2.17. The van der Waals surface area contributed by atoms with Gasteiger partial charge in [-0.1, -0.05) is 65.7 Å². The van der Waals surface area contributed by atoms with E-state index in [0.717, 1.165) is 35.1 Å². The molecular formula is C23H40N4O3. The number of nitrogens with zero attached hydrogens (tertiary/aromatic N) is 3. The number of aromatic nitrogens is 2. The van der Waals surface area contributed by atoms with Crippen molar-refractivity contribution >= 4 is 18.9 Å². The Morgan fingerprint density at radius 2 is 1.97 bits per heavy atom. The third-order valence-electron chi connectivity index (χ3n) is 4.67. The number of hydrogen-bond acceptors (Lipinski definition) is 4. The minimum atomic E-state index is 0.372. The second-order valence-corrected chi connectivity index (χ2v) is 7.37. The zero-order valence-electron chi connectivity index (χ0n) is 19.5. The zero-order chi connectivity index (χ0) is 22.9. The lowest BCUT2D eigenvalue weighted by atomic mass is 9.94. The Balaban J connectivity index is 0.000000524. The topological polar surface area (TPSA) is 87.5 Å². The summed E-state index contributed by atoms with van der Waals surface area (Å²) in [6, 6.07) is 0. The molecule has 7 heteroatoms. The van der Waals surface area contributed by atoms with Crippen LogP contribution in [0, 0.1) is 11.8 Å². The molecule has 0 aromatic carbocycles. The molecule has 7 nitrogen and oxygen atoms in total. The molecule has 2 atom stereocenters. The summed E-state index contributed by atoms with van der Waals surface area (Å²) in [7, 11) is 1.96. The molecule has 1 unspecified atom stereocenters. The van der Waals surface area contributed by atoms with E-state index in [1.807, 2.05) is 43.7 Å². The van der Waals surface area contributed by atoms with Crippen molar-refractivity contribution in [2.75, 3.05) is 6.54 Å². The molecule has 1 heterocycles. The lowest BCUT2D eigenvalue weighted by molar-refractivity contribution is -0.152. The minimum Gasteiger partial charge on any atom is -0.351 e. The van der Waals surface area contributed by atoms with Gasteiger partial charge >= 0.3 is 0 Å². The van der Waals surface area contributed by atoms with Crippen LogP contribution in [0.3, 0.4) is 0 Å². The molecule has 1 aromatic rings. The Morgan fingerprint density at radius 3 is 2.57 bits per heavy atom. The lowest BCUT2D eigenvalue weighted by Crippen LogP contribution is -2.24. The van der Waals surface area contributed by atoms with E-state index < -0.39 is 0 Å². The van der Waals surface area contributed by atoms with Gasteiger partial charge in [0.05, 0.1) is 24.5 Å². The summed E-state index contributed by atoms with van der Waals surface area (Å²) >= 11 is 0. The van der Waals surface area contributed by atoms with Crippen LogP contribution in [0.4, 0.5) is 0 Å². The molecule has 170 valence electrons. The smallest absolute Gasteiger partial charge is 0.233 e. The van der Waals surface area contributed by atoms with E-state index >= 15 is 0 Å². The first-order valence-electron chi connectivity index (χ1n) is 10.9. The number of hydrogen-bond donors (Lipinski definition) is 2. The van der Waals surface area contributed by atoms with Crippen LogP contribution in [-0.2, 0) is 29.6 Å². The first-order chi connectivity index (χ1) is 14.4. The van der Waals surface area contributed by atoms with Crippen molar-refractivity contribution < 1.29 is 14.8 Å². The van der Waals surface area contributed by atoms with Gasteiger partial charge < -0.3 is 9.88 Å². The van der Waals surface area contributed by atoms with Gasteiger partial charge in [0.15, 0.2) is 0 Å². The summed E-state index contributed by atoms with van der Waals surface area (Å²) in [4.78, 5) is 24.8. The SMILES string of the molecule is CC.CCCC(C)C[C@@H](C)CN(O)C=O.Cn1c(CNC=O)nc2c1C=CC=CC2. The van der Waals surface area contributed by atoms with Crippen molar-refractivity contribution in [3.63, 3.8) is 0 Å². The number of nitrogens with one attached hydrogen (secondary N) is 1. The normalized spacial score (nSPS) is 13.4. The number of imidazole rings is 1. The molecule has 0 aliphatic heterocycles. The van der Waals surface area contributed by atoms with E-state index in [0.29, 0.717) is 37.7 Å². The van der Waals surface area contributed by atoms with Crippen molar-refractivity contribution in [3.8, 4) is 0 Å². The molecule has 2 N–H and O–H groups in total. The molecule has 0 saturated heterocycles. The van der Waals surface area contributed by atoms with Crippen LogP contribution in [0.5, 0.6) is 0 Å². The van der Waals surface area contributed by atoms with Crippen LogP contribution >= 0.6 is 0 Å². The van der Waals surface area contributed by atoms with Crippen molar-refractivity contribution in [2.45, 2.75) is 66.8 Å². The Bertz CT molecular complexity index is 668. The molecule has 1 aliphatic rings. The van der Waals surface area contributed by atoms with Gasteiger partial charge in [-0.05, 0) is 24.3 Å². The number of hydroxylamine groups is 2. The standard InChI is InChI=1S/C11H13N3O.C10H21NO2.C2H6/c1-14-10-6-4-2-3-5-9(10)13-11(14)7-12-8-15;1-4-5-9(2)6-10(3)7-11(13)8-12;1-2/h2-4,6,8H,5,7H2,1H3,(H,12,15);8-10,13H,4-7H2,1-3H3;1-2H3/t;9?,10-;/m.1./s1. The summed E-state index contributed by atoms with van der Waals surface area (Å²) in [5, 5.41) is 12.3. The second-order valence-electron chi connectivity index (χ2n) is 7.37. The highest BCUT2D eigenvalue weighted by atomic mass is 16.5. The third kappa shape index (κ3) is 10.4. The van der Waals surface area contributed by atoms with Crippen molar-refractivity contribution in [1.29, 1.82) is 0 Å². The van der Waals surface area contributed by atoms with Gasteiger partial charge in [0.25, 0.3) is 0 Å². The molecular weight excluding hydrogens is 380 g/mol. The maximum atomic E-state index is 10.2. The number of amides is 2. The highest BCUT2D eigenvalue weighted by Crippen LogP contribution is 2.17. The van der Waals surface area contributed by atoms with E-state index in [1.54, 1.807) is 0 Å². The van der Waals surface area contributed by atoms with Gasteiger partial charge in [0.1, 0.15) is 5.82 Å². The van der Waals surface area contributed by atoms with Crippen LogP contribution < -0.4 is 5.32 Å². The fourth-order valence-electron chi connectivity index (χ4n) is 3.41. The van der Waals surface area contributed by atoms with Crippen LogP contribution in [0.1, 0.15) is 71.1 Å². The number of carbonyl (C=O) groups is 2. The molecule has 0 radical (unpaired) electrons.